The molecule has 0 amide bonds. The van der Waals surface area contributed by atoms with Gasteiger partial charge in [-0.1, -0.05) is 0 Å². The van der Waals surface area contributed by atoms with Crippen molar-refractivity contribution in [2.24, 2.45) is 0 Å². The van der Waals surface area contributed by atoms with Gasteiger partial charge in [-0.3, -0.25) is 4.79 Å². The Kier molecular flexibility index (Phi) is 3.25. The van der Waals surface area contributed by atoms with E-state index in [2.05, 4.69) is 9.47 Å². The van der Waals surface area contributed by atoms with Crippen molar-refractivity contribution in [3.63, 3.8) is 0 Å². The van der Waals surface area contributed by atoms with Crippen molar-refractivity contribution in [1.82, 2.24) is 0 Å². The SMILES string of the molecule is COC(=O)CCC1(C(F)(F)F)C=CC(=O)O1. The van der Waals surface area contributed by atoms with E-state index in [0.717, 1.165) is 7.11 Å². The second-order valence-electron chi connectivity index (χ2n) is 3.22. The van der Waals surface area contributed by atoms with E-state index in [1.165, 1.54) is 0 Å². The predicted octanol–water partition coefficient (Wildman–Crippen LogP) is 1.35. The number of alkyl halides is 3. The van der Waals surface area contributed by atoms with Crippen LogP contribution in [0.3, 0.4) is 0 Å². The highest BCUT2D eigenvalue weighted by molar-refractivity contribution is 5.85. The predicted molar refractivity (Wildman–Crippen MR) is 45.3 cm³/mol. The molecule has 0 fully saturated rings. The molecule has 0 aromatic heterocycles. The van der Waals surface area contributed by atoms with E-state index >= 15 is 0 Å². The van der Waals surface area contributed by atoms with Gasteiger partial charge in [0.1, 0.15) is 0 Å². The van der Waals surface area contributed by atoms with Gasteiger partial charge in [-0.15, -0.1) is 0 Å². The quantitative estimate of drug-likeness (QED) is 0.696. The molecule has 1 heterocycles. The number of rotatable bonds is 3. The number of cyclic esters (lactones) is 1. The molecule has 0 saturated carbocycles. The Balaban J connectivity index is 2.79. The van der Waals surface area contributed by atoms with Crippen molar-refractivity contribution in [3.8, 4) is 0 Å². The fraction of sp³-hybridized carbons (Fsp3) is 0.556. The summed E-state index contributed by atoms with van der Waals surface area (Å²) in [6.45, 7) is 0. The van der Waals surface area contributed by atoms with Crippen LogP contribution in [0.25, 0.3) is 0 Å². The number of ether oxygens (including phenoxy) is 2. The number of carbonyl (C=O) groups is 2. The maximum Gasteiger partial charge on any atom is 0.432 e. The van der Waals surface area contributed by atoms with Gasteiger partial charge in [0.2, 0.25) is 5.60 Å². The molecule has 1 atom stereocenters. The van der Waals surface area contributed by atoms with Crippen molar-refractivity contribution in [1.29, 1.82) is 0 Å². The Morgan fingerprint density at radius 2 is 2.19 bits per heavy atom. The average molecular weight is 238 g/mol. The van der Waals surface area contributed by atoms with Gasteiger partial charge >= 0.3 is 18.1 Å². The molecule has 4 nitrogen and oxygen atoms in total. The first kappa shape index (κ1) is 12.5. The second-order valence-corrected chi connectivity index (χ2v) is 3.22. The Labute approximate surface area is 89.0 Å². The average Bonchev–Trinajstić information content (AvgIpc) is 2.57. The number of methoxy groups -OCH3 is 1. The summed E-state index contributed by atoms with van der Waals surface area (Å²) in [5.74, 6) is -1.86. The Hall–Kier alpha value is -1.53. The molecule has 1 unspecified atom stereocenters. The lowest BCUT2D eigenvalue weighted by molar-refractivity contribution is -0.247. The van der Waals surface area contributed by atoms with E-state index in [1.807, 2.05) is 0 Å². The van der Waals surface area contributed by atoms with Crippen molar-refractivity contribution in [2.75, 3.05) is 7.11 Å². The molecular weight excluding hydrogens is 229 g/mol. The Bertz CT molecular complexity index is 334. The molecular formula is C9H9F3O4. The normalized spacial score (nSPS) is 24.4. The topological polar surface area (TPSA) is 52.6 Å². The number of esters is 2. The highest BCUT2D eigenvalue weighted by atomic mass is 19.4. The minimum absolute atomic E-state index is 0.479. The Morgan fingerprint density at radius 1 is 1.56 bits per heavy atom. The zero-order valence-corrected chi connectivity index (χ0v) is 8.34. The van der Waals surface area contributed by atoms with E-state index in [1.54, 1.807) is 0 Å². The molecule has 0 bridgehead atoms. The number of halogens is 3. The smallest absolute Gasteiger partial charge is 0.432 e. The maximum atomic E-state index is 12.7. The molecule has 90 valence electrons. The third kappa shape index (κ3) is 2.34. The van der Waals surface area contributed by atoms with Crippen LogP contribution in [-0.4, -0.2) is 30.8 Å². The minimum Gasteiger partial charge on any atom is -0.469 e. The summed E-state index contributed by atoms with van der Waals surface area (Å²) in [6.07, 6.45) is -4.58. The maximum absolute atomic E-state index is 12.7. The number of hydrogen-bond acceptors (Lipinski definition) is 4. The molecule has 1 aliphatic rings. The summed E-state index contributed by atoms with van der Waals surface area (Å²) in [5, 5.41) is 0. The largest absolute Gasteiger partial charge is 0.469 e. The minimum atomic E-state index is -4.75. The van der Waals surface area contributed by atoms with Gasteiger partial charge in [-0.25, -0.2) is 4.79 Å². The van der Waals surface area contributed by atoms with Crippen LogP contribution in [0, 0.1) is 0 Å². The summed E-state index contributed by atoms with van der Waals surface area (Å²) in [4.78, 5) is 21.5. The van der Waals surface area contributed by atoms with Gasteiger partial charge < -0.3 is 9.47 Å². The molecule has 0 aromatic carbocycles. The van der Waals surface area contributed by atoms with Gasteiger partial charge in [0.05, 0.1) is 7.11 Å². The van der Waals surface area contributed by atoms with E-state index in [-0.39, 0.29) is 0 Å². The fourth-order valence-corrected chi connectivity index (χ4v) is 1.27. The molecule has 0 saturated heterocycles. The highest BCUT2D eigenvalue weighted by Gasteiger charge is 2.58. The Morgan fingerprint density at radius 3 is 2.56 bits per heavy atom. The molecule has 1 aliphatic heterocycles. The van der Waals surface area contributed by atoms with E-state index in [0.29, 0.717) is 12.2 Å². The van der Waals surface area contributed by atoms with Crippen LogP contribution in [0.4, 0.5) is 13.2 Å². The lowest BCUT2D eigenvalue weighted by Gasteiger charge is -2.28. The molecule has 0 aliphatic carbocycles. The van der Waals surface area contributed by atoms with E-state index in [4.69, 9.17) is 0 Å². The van der Waals surface area contributed by atoms with Crippen LogP contribution in [0.2, 0.25) is 0 Å². The zero-order valence-electron chi connectivity index (χ0n) is 8.34. The van der Waals surface area contributed by atoms with Crippen molar-refractivity contribution in [2.45, 2.75) is 24.6 Å². The van der Waals surface area contributed by atoms with Crippen LogP contribution in [0.15, 0.2) is 12.2 Å². The van der Waals surface area contributed by atoms with Gasteiger partial charge in [0.15, 0.2) is 0 Å². The molecule has 7 heteroatoms. The fourth-order valence-electron chi connectivity index (χ4n) is 1.27. The summed E-state index contributed by atoms with van der Waals surface area (Å²) in [6, 6.07) is 0. The lowest BCUT2D eigenvalue weighted by atomic mass is 9.97. The van der Waals surface area contributed by atoms with Crippen LogP contribution in [-0.2, 0) is 19.1 Å². The first-order valence-electron chi connectivity index (χ1n) is 4.36. The molecule has 0 N–H and O–H groups in total. The first-order chi connectivity index (χ1) is 7.31. The van der Waals surface area contributed by atoms with E-state index in [9.17, 15) is 22.8 Å². The summed E-state index contributed by atoms with van der Waals surface area (Å²) < 4.78 is 46.4. The van der Waals surface area contributed by atoms with Gasteiger partial charge in [0.25, 0.3) is 0 Å². The van der Waals surface area contributed by atoms with Gasteiger partial charge in [-0.2, -0.15) is 13.2 Å². The first-order valence-corrected chi connectivity index (χ1v) is 4.36. The van der Waals surface area contributed by atoms with Crippen LogP contribution in [0.5, 0.6) is 0 Å². The molecule has 0 spiro atoms. The van der Waals surface area contributed by atoms with Crippen LogP contribution < -0.4 is 0 Å². The monoisotopic (exact) mass is 238 g/mol. The van der Waals surface area contributed by atoms with Crippen molar-refractivity contribution >= 4 is 11.9 Å². The van der Waals surface area contributed by atoms with Gasteiger partial charge in [0, 0.05) is 18.9 Å². The summed E-state index contributed by atoms with van der Waals surface area (Å²) in [7, 11) is 1.07. The van der Waals surface area contributed by atoms with Gasteiger partial charge in [-0.05, 0) is 6.08 Å². The third-order valence-corrected chi connectivity index (χ3v) is 2.18. The number of carbonyl (C=O) groups excluding carboxylic acids is 2. The van der Waals surface area contributed by atoms with Crippen molar-refractivity contribution in [3.05, 3.63) is 12.2 Å². The van der Waals surface area contributed by atoms with Crippen LogP contribution >= 0.6 is 0 Å². The molecule has 0 aromatic rings. The number of hydrogen-bond donors (Lipinski definition) is 0. The standard InChI is InChI=1S/C9H9F3O4/c1-15-6(13)2-4-8(9(10,11)12)5-3-7(14)16-8/h3,5H,2,4H2,1H3. The highest BCUT2D eigenvalue weighted by Crippen LogP contribution is 2.41. The second kappa shape index (κ2) is 4.15. The molecule has 0 radical (unpaired) electrons. The molecule has 1 rings (SSSR count). The summed E-state index contributed by atoms with van der Waals surface area (Å²) >= 11 is 0. The van der Waals surface area contributed by atoms with Crippen molar-refractivity contribution < 1.29 is 32.2 Å². The zero-order chi connectivity index (χ0) is 12.4. The van der Waals surface area contributed by atoms with E-state index < -0.39 is 36.6 Å². The molecule has 16 heavy (non-hydrogen) atoms. The third-order valence-electron chi connectivity index (χ3n) is 2.18. The lowest BCUT2D eigenvalue weighted by Crippen LogP contribution is -2.45. The van der Waals surface area contributed by atoms with Crippen LogP contribution in [0.1, 0.15) is 12.8 Å². The summed E-state index contributed by atoms with van der Waals surface area (Å²) in [5.41, 5.74) is -2.70.